The van der Waals surface area contributed by atoms with Gasteiger partial charge in [0, 0.05) is 16.1 Å². The van der Waals surface area contributed by atoms with Crippen LogP contribution in [0.15, 0.2) is 70.2 Å². The number of aryl methyl sites for hydroxylation is 1. The molecule has 0 unspecified atom stereocenters. The number of rotatable bonds is 5. The predicted molar refractivity (Wildman–Crippen MR) is 117 cm³/mol. The summed E-state index contributed by atoms with van der Waals surface area (Å²) in [5.41, 5.74) is 3.39. The molecule has 0 bridgehead atoms. The van der Waals surface area contributed by atoms with E-state index in [-0.39, 0.29) is 4.90 Å². The highest BCUT2D eigenvalue weighted by atomic mass is 79.9. The molecule has 148 valence electrons. The first kappa shape index (κ1) is 19.6. The van der Waals surface area contributed by atoms with Gasteiger partial charge in [-0.15, -0.1) is 0 Å². The molecule has 0 saturated heterocycles. The van der Waals surface area contributed by atoms with Crippen LogP contribution in [0, 0.1) is 13.8 Å². The van der Waals surface area contributed by atoms with Crippen molar-refractivity contribution < 1.29 is 8.42 Å². The van der Waals surface area contributed by atoms with Crippen LogP contribution < -0.4 is 4.72 Å². The summed E-state index contributed by atoms with van der Waals surface area (Å²) in [6, 6.07) is 16.7. The number of pyridine rings is 1. The maximum atomic E-state index is 13.1. The number of nitrogens with one attached hydrogen (secondary N) is 1. The fourth-order valence-electron chi connectivity index (χ4n) is 3.24. The fourth-order valence-corrected chi connectivity index (χ4v) is 4.86. The number of hydrogen-bond acceptors (Lipinski definition) is 4. The highest BCUT2D eigenvalue weighted by Crippen LogP contribution is 2.27. The molecule has 0 amide bonds. The van der Waals surface area contributed by atoms with Crippen molar-refractivity contribution in [3.63, 3.8) is 0 Å². The van der Waals surface area contributed by atoms with Crippen molar-refractivity contribution >= 4 is 42.5 Å². The molecule has 0 aliphatic heterocycles. The van der Waals surface area contributed by atoms with Crippen LogP contribution in [0.5, 0.6) is 0 Å². The summed E-state index contributed by atoms with van der Waals surface area (Å²) >= 11 is 3.43. The first-order valence-electron chi connectivity index (χ1n) is 9.00. The molecule has 0 fully saturated rings. The summed E-state index contributed by atoms with van der Waals surface area (Å²) < 4.78 is 31.8. The van der Waals surface area contributed by atoms with Crippen LogP contribution >= 0.6 is 15.9 Å². The molecule has 4 aromatic rings. The third kappa shape index (κ3) is 3.90. The Morgan fingerprint density at radius 2 is 1.76 bits per heavy atom. The lowest BCUT2D eigenvalue weighted by molar-refractivity contribution is 0.601. The van der Waals surface area contributed by atoms with Gasteiger partial charge in [-0.25, -0.2) is 8.42 Å². The van der Waals surface area contributed by atoms with E-state index in [4.69, 9.17) is 0 Å². The molecular formula is C21H19BrN4O2S. The Morgan fingerprint density at radius 1 is 1.03 bits per heavy atom. The van der Waals surface area contributed by atoms with Crippen molar-refractivity contribution in [2.75, 3.05) is 4.72 Å². The van der Waals surface area contributed by atoms with Crippen LogP contribution in [0.25, 0.3) is 10.9 Å². The second kappa shape index (κ2) is 7.61. The molecule has 0 radical (unpaired) electrons. The second-order valence-corrected chi connectivity index (χ2v) is 9.33. The molecule has 29 heavy (non-hydrogen) atoms. The first-order chi connectivity index (χ1) is 13.8. The van der Waals surface area contributed by atoms with Crippen molar-refractivity contribution in [3.05, 3.63) is 82.2 Å². The van der Waals surface area contributed by atoms with Gasteiger partial charge in [-0.3, -0.25) is 14.4 Å². The summed E-state index contributed by atoms with van der Waals surface area (Å²) in [4.78, 5) is 4.41. The van der Waals surface area contributed by atoms with Gasteiger partial charge >= 0.3 is 0 Å². The van der Waals surface area contributed by atoms with E-state index in [2.05, 4.69) is 30.7 Å². The first-order valence-corrected chi connectivity index (χ1v) is 11.3. The average molecular weight is 471 g/mol. The molecule has 0 saturated carbocycles. The Hall–Kier alpha value is -2.71. The zero-order valence-electron chi connectivity index (χ0n) is 15.9. The molecule has 8 heteroatoms. The quantitative estimate of drug-likeness (QED) is 0.460. The number of para-hydroxylation sites is 1. The van der Waals surface area contributed by atoms with E-state index >= 15 is 0 Å². The number of hydrogen-bond donors (Lipinski definition) is 1. The van der Waals surface area contributed by atoms with Gasteiger partial charge in [-0.05, 0) is 43.7 Å². The maximum Gasteiger partial charge on any atom is 0.264 e. The number of aromatic nitrogens is 3. The molecule has 6 nitrogen and oxygen atoms in total. The number of anilines is 1. The topological polar surface area (TPSA) is 76.9 Å². The van der Waals surface area contributed by atoms with E-state index in [0.29, 0.717) is 23.4 Å². The Kier molecular flexibility index (Phi) is 5.14. The molecule has 0 spiro atoms. The monoisotopic (exact) mass is 470 g/mol. The van der Waals surface area contributed by atoms with Gasteiger partial charge in [0.1, 0.15) is 4.90 Å². The zero-order chi connectivity index (χ0) is 20.6. The number of benzene rings is 2. The van der Waals surface area contributed by atoms with E-state index in [0.717, 1.165) is 21.1 Å². The molecule has 2 aromatic carbocycles. The van der Waals surface area contributed by atoms with Gasteiger partial charge in [0.2, 0.25) is 0 Å². The highest BCUT2D eigenvalue weighted by molar-refractivity contribution is 9.10. The Balaban J connectivity index is 1.68. The second-order valence-electron chi connectivity index (χ2n) is 6.77. The normalized spacial score (nSPS) is 11.7. The Bertz CT molecular complexity index is 1290. The van der Waals surface area contributed by atoms with Crippen molar-refractivity contribution in [1.82, 2.24) is 14.8 Å². The fraction of sp³-hybridized carbons (Fsp3) is 0.143. The number of nitrogens with zero attached hydrogens (tertiary/aromatic N) is 3. The van der Waals surface area contributed by atoms with Crippen molar-refractivity contribution in [1.29, 1.82) is 0 Å². The molecule has 0 atom stereocenters. The van der Waals surface area contributed by atoms with E-state index in [1.807, 2.05) is 43.3 Å². The van der Waals surface area contributed by atoms with Gasteiger partial charge in [-0.2, -0.15) is 5.10 Å². The summed E-state index contributed by atoms with van der Waals surface area (Å²) in [6.07, 6.45) is 1.59. The molecule has 4 rings (SSSR count). The average Bonchev–Trinajstić information content (AvgIpc) is 2.96. The standard InChI is InChI=1S/C21H19BrN4O2S/c1-14-20(15(2)26(24-14)13-16-8-10-18(22)11-9-16)25-29(27,28)19-7-3-5-17-6-4-12-23-21(17)19/h3-12,25H,13H2,1-2H3. The maximum absolute atomic E-state index is 13.1. The van der Waals surface area contributed by atoms with Gasteiger partial charge < -0.3 is 0 Å². The lowest BCUT2D eigenvalue weighted by atomic mass is 10.2. The minimum Gasteiger partial charge on any atom is -0.276 e. The summed E-state index contributed by atoms with van der Waals surface area (Å²) in [5, 5.41) is 5.30. The summed E-state index contributed by atoms with van der Waals surface area (Å²) in [6.45, 7) is 4.21. The molecule has 2 heterocycles. The minimum absolute atomic E-state index is 0.148. The summed E-state index contributed by atoms with van der Waals surface area (Å²) in [5.74, 6) is 0. The van der Waals surface area contributed by atoms with Gasteiger partial charge in [-0.1, -0.05) is 46.3 Å². The van der Waals surface area contributed by atoms with Crippen LogP contribution in [0.4, 0.5) is 5.69 Å². The van der Waals surface area contributed by atoms with E-state index in [1.165, 1.54) is 0 Å². The van der Waals surface area contributed by atoms with Crippen molar-refractivity contribution in [2.45, 2.75) is 25.3 Å². The van der Waals surface area contributed by atoms with Crippen LogP contribution in [-0.2, 0) is 16.6 Å². The van der Waals surface area contributed by atoms with Crippen molar-refractivity contribution in [2.24, 2.45) is 0 Å². The SMILES string of the molecule is Cc1nn(Cc2ccc(Br)cc2)c(C)c1NS(=O)(=O)c1cccc2cccnc12. The van der Waals surface area contributed by atoms with Gasteiger partial charge in [0.05, 0.1) is 29.1 Å². The third-order valence-electron chi connectivity index (χ3n) is 4.75. The predicted octanol–water partition coefficient (Wildman–Crippen LogP) is 4.66. The van der Waals surface area contributed by atoms with E-state index in [1.54, 1.807) is 36.0 Å². The van der Waals surface area contributed by atoms with Gasteiger partial charge in [0.15, 0.2) is 0 Å². The highest BCUT2D eigenvalue weighted by Gasteiger charge is 2.22. The zero-order valence-corrected chi connectivity index (χ0v) is 18.3. The molecule has 0 aliphatic carbocycles. The van der Waals surface area contributed by atoms with E-state index in [9.17, 15) is 8.42 Å². The van der Waals surface area contributed by atoms with Crippen LogP contribution in [-0.4, -0.2) is 23.2 Å². The van der Waals surface area contributed by atoms with Crippen LogP contribution in [0.2, 0.25) is 0 Å². The number of fused-ring (bicyclic) bond motifs is 1. The molecule has 1 N–H and O–H groups in total. The molecular weight excluding hydrogens is 452 g/mol. The number of sulfonamides is 1. The lowest BCUT2D eigenvalue weighted by Gasteiger charge is -2.11. The molecule has 0 aliphatic rings. The third-order valence-corrected chi connectivity index (χ3v) is 6.66. The van der Waals surface area contributed by atoms with Crippen LogP contribution in [0.3, 0.4) is 0 Å². The van der Waals surface area contributed by atoms with Crippen LogP contribution in [0.1, 0.15) is 17.0 Å². The smallest absolute Gasteiger partial charge is 0.264 e. The molecule has 2 aromatic heterocycles. The van der Waals surface area contributed by atoms with Crippen molar-refractivity contribution in [3.8, 4) is 0 Å². The Morgan fingerprint density at radius 3 is 2.52 bits per heavy atom. The van der Waals surface area contributed by atoms with Gasteiger partial charge in [0.25, 0.3) is 10.0 Å². The number of halogens is 1. The van der Waals surface area contributed by atoms with E-state index < -0.39 is 10.0 Å². The summed E-state index contributed by atoms with van der Waals surface area (Å²) in [7, 11) is -3.82. The largest absolute Gasteiger partial charge is 0.276 e. The lowest BCUT2D eigenvalue weighted by Crippen LogP contribution is -2.15. The Labute approximate surface area is 177 Å². The minimum atomic E-state index is -3.82.